The molecule has 0 amide bonds. The van der Waals surface area contributed by atoms with Gasteiger partial charge in [0.2, 0.25) is 0 Å². The molecule has 0 spiro atoms. The van der Waals surface area contributed by atoms with Gasteiger partial charge in [-0.25, -0.2) is 9.59 Å². The van der Waals surface area contributed by atoms with E-state index in [4.69, 9.17) is 26.6 Å². The summed E-state index contributed by atoms with van der Waals surface area (Å²) in [6.45, 7) is 1.62. The molecule has 0 aliphatic heterocycles. The van der Waals surface area contributed by atoms with Crippen molar-refractivity contribution < 1.29 is 46.4 Å². The van der Waals surface area contributed by atoms with Gasteiger partial charge in [0.15, 0.2) is 0 Å². The monoisotopic (exact) mass is 398 g/mol. The smallest absolute Gasteiger partial charge is 0.478 e. The van der Waals surface area contributed by atoms with Gasteiger partial charge < -0.3 is 36.8 Å². The number of rotatable bonds is 12. The molecule has 0 atom stereocenters. The van der Waals surface area contributed by atoms with Gasteiger partial charge in [-0.15, -0.1) is 0 Å². The molecule has 0 saturated heterocycles. The van der Waals surface area contributed by atoms with E-state index in [-0.39, 0.29) is 6.42 Å². The van der Waals surface area contributed by atoms with Crippen molar-refractivity contribution in [2.24, 2.45) is 0 Å². The van der Waals surface area contributed by atoms with Crippen LogP contribution in [0, 0.1) is 0 Å². The standard InChI is InChI=1S/C13H26O10Si2/c1-8-13(24(18-2,19-3)20-4,25(21-5,22-6)23-7)10(12(16)17)9-11(14)15/h9H,8H2,1-7H3,(H,14,15)(H,16,17). The van der Waals surface area contributed by atoms with E-state index in [0.717, 1.165) is 0 Å². The topological polar surface area (TPSA) is 130 Å². The molecule has 0 aromatic rings. The van der Waals surface area contributed by atoms with Gasteiger partial charge in [0.1, 0.15) is 4.66 Å². The van der Waals surface area contributed by atoms with Crippen molar-refractivity contribution in [2.45, 2.75) is 18.0 Å². The van der Waals surface area contributed by atoms with Crippen molar-refractivity contribution in [3.8, 4) is 0 Å². The van der Waals surface area contributed by atoms with Gasteiger partial charge in [-0.2, -0.15) is 0 Å². The van der Waals surface area contributed by atoms with Crippen molar-refractivity contribution in [3.05, 3.63) is 11.6 Å². The molecule has 12 heteroatoms. The highest BCUT2D eigenvalue weighted by atomic mass is 28.5. The van der Waals surface area contributed by atoms with Crippen LogP contribution in [-0.2, 0) is 36.1 Å². The summed E-state index contributed by atoms with van der Waals surface area (Å²) in [6.07, 6.45) is 0.561. The Hall–Kier alpha value is -1.13. The van der Waals surface area contributed by atoms with E-state index in [1.807, 2.05) is 0 Å². The normalized spacial score (nSPS) is 13.8. The lowest BCUT2D eigenvalue weighted by Gasteiger charge is -2.49. The molecule has 0 aromatic heterocycles. The van der Waals surface area contributed by atoms with E-state index in [0.29, 0.717) is 6.08 Å². The van der Waals surface area contributed by atoms with E-state index in [9.17, 15) is 19.8 Å². The fourth-order valence-electron chi connectivity index (χ4n) is 3.18. The second-order valence-corrected chi connectivity index (χ2v) is 11.7. The van der Waals surface area contributed by atoms with Crippen LogP contribution < -0.4 is 0 Å². The molecule has 0 aliphatic rings. The van der Waals surface area contributed by atoms with Gasteiger partial charge in [-0.3, -0.25) is 0 Å². The predicted octanol–water partition coefficient (Wildman–Crippen LogP) is 0.528. The van der Waals surface area contributed by atoms with Crippen LogP contribution in [0.25, 0.3) is 0 Å². The molecule has 0 unspecified atom stereocenters. The molecule has 0 rings (SSSR count). The average molecular weight is 399 g/mol. The summed E-state index contributed by atoms with van der Waals surface area (Å²) in [5.41, 5.74) is -0.545. The van der Waals surface area contributed by atoms with Gasteiger partial charge in [0, 0.05) is 48.7 Å². The Balaban J connectivity index is 7.30. The number of hydrogen-bond acceptors (Lipinski definition) is 8. The van der Waals surface area contributed by atoms with Crippen LogP contribution in [0.1, 0.15) is 13.3 Å². The number of carboxylic acid groups (broad SMARTS) is 2. The quantitative estimate of drug-likeness (QED) is 0.354. The largest absolute Gasteiger partial charge is 0.516 e. The minimum absolute atomic E-state index is 0.00188. The van der Waals surface area contributed by atoms with Crippen LogP contribution in [-0.4, -0.2) is 82.4 Å². The van der Waals surface area contributed by atoms with Crippen molar-refractivity contribution in [3.63, 3.8) is 0 Å². The Labute approximate surface area is 149 Å². The van der Waals surface area contributed by atoms with Crippen LogP contribution in [0.5, 0.6) is 0 Å². The summed E-state index contributed by atoms with van der Waals surface area (Å²) in [6, 6.07) is 0. The Bertz CT molecular complexity index is 463. The minimum Gasteiger partial charge on any atom is -0.478 e. The SMILES string of the molecule is CCC(C(=CC(=O)O)C(=O)O)([Si](OC)(OC)OC)[Si](OC)(OC)OC. The van der Waals surface area contributed by atoms with Gasteiger partial charge in [0.05, 0.1) is 5.57 Å². The molecule has 25 heavy (non-hydrogen) atoms. The lowest BCUT2D eigenvalue weighted by molar-refractivity contribution is -0.135. The first kappa shape index (κ1) is 23.9. The number of carboxylic acids is 2. The van der Waals surface area contributed by atoms with E-state index in [1.54, 1.807) is 6.92 Å². The zero-order valence-corrected chi connectivity index (χ0v) is 17.4. The Morgan fingerprint density at radius 1 is 0.840 bits per heavy atom. The molecule has 2 N–H and O–H groups in total. The third-order valence-corrected chi connectivity index (χ3v) is 12.5. The van der Waals surface area contributed by atoms with Crippen molar-refractivity contribution >= 4 is 29.5 Å². The molecular formula is C13H26O10Si2. The van der Waals surface area contributed by atoms with Crippen molar-refractivity contribution in [2.75, 3.05) is 42.7 Å². The minimum atomic E-state index is -3.91. The first-order valence-corrected chi connectivity index (χ1v) is 10.6. The molecule has 0 bridgehead atoms. The second kappa shape index (κ2) is 9.54. The molecule has 10 nitrogen and oxygen atoms in total. The highest BCUT2D eigenvalue weighted by Crippen LogP contribution is 2.56. The van der Waals surface area contributed by atoms with E-state index in [1.165, 1.54) is 42.7 Å². The molecule has 146 valence electrons. The molecule has 0 aromatic carbocycles. The fraction of sp³-hybridized carbons (Fsp3) is 0.692. The maximum atomic E-state index is 12.0. The lowest BCUT2D eigenvalue weighted by atomic mass is 10.1. The molecular weight excluding hydrogens is 372 g/mol. The fourth-order valence-corrected chi connectivity index (χ4v) is 11.5. The summed E-state index contributed by atoms with van der Waals surface area (Å²) < 4.78 is 31.3. The van der Waals surface area contributed by atoms with Crippen molar-refractivity contribution in [1.29, 1.82) is 0 Å². The Morgan fingerprint density at radius 2 is 1.16 bits per heavy atom. The van der Waals surface area contributed by atoms with Crippen LogP contribution in [0.2, 0.25) is 4.66 Å². The van der Waals surface area contributed by atoms with E-state index >= 15 is 0 Å². The number of carbonyl (C=O) groups is 2. The van der Waals surface area contributed by atoms with E-state index < -0.39 is 39.8 Å². The molecule has 0 heterocycles. The van der Waals surface area contributed by atoms with Crippen LogP contribution >= 0.6 is 0 Å². The third-order valence-electron chi connectivity index (χ3n) is 4.15. The maximum absolute atomic E-state index is 12.0. The maximum Gasteiger partial charge on any atom is 0.516 e. The first-order valence-electron chi connectivity index (χ1n) is 7.17. The van der Waals surface area contributed by atoms with E-state index in [2.05, 4.69) is 0 Å². The van der Waals surface area contributed by atoms with Gasteiger partial charge >= 0.3 is 29.5 Å². The summed E-state index contributed by atoms with van der Waals surface area (Å²) in [5, 5.41) is 19.0. The van der Waals surface area contributed by atoms with Gasteiger partial charge in [0.25, 0.3) is 0 Å². The molecule has 0 aliphatic carbocycles. The van der Waals surface area contributed by atoms with Gasteiger partial charge in [-0.1, -0.05) is 6.92 Å². The first-order chi connectivity index (χ1) is 11.7. The van der Waals surface area contributed by atoms with Gasteiger partial charge in [-0.05, 0) is 6.42 Å². The highest BCUT2D eigenvalue weighted by Gasteiger charge is 2.78. The zero-order valence-electron chi connectivity index (χ0n) is 15.4. The molecule has 0 radical (unpaired) electrons. The molecule has 0 fully saturated rings. The molecule has 0 saturated carbocycles. The lowest BCUT2D eigenvalue weighted by Crippen LogP contribution is -2.70. The summed E-state index contributed by atoms with van der Waals surface area (Å²) in [4.78, 5) is 23.3. The zero-order chi connectivity index (χ0) is 19.9. The number of aliphatic carboxylic acids is 2. The summed E-state index contributed by atoms with van der Waals surface area (Å²) in [7, 11) is -0.137. The Morgan fingerprint density at radius 3 is 1.32 bits per heavy atom. The Kier molecular flexibility index (Phi) is 9.11. The van der Waals surface area contributed by atoms with Crippen molar-refractivity contribution in [1.82, 2.24) is 0 Å². The third kappa shape index (κ3) is 3.70. The van der Waals surface area contributed by atoms with Crippen LogP contribution in [0.15, 0.2) is 11.6 Å². The highest BCUT2D eigenvalue weighted by molar-refractivity contribution is 6.87. The number of hydrogen-bond donors (Lipinski definition) is 2. The summed E-state index contributed by atoms with van der Waals surface area (Å²) in [5.74, 6) is -2.97. The van der Waals surface area contributed by atoms with Crippen LogP contribution in [0.4, 0.5) is 0 Å². The second-order valence-electron chi connectivity index (χ2n) is 4.80. The summed E-state index contributed by atoms with van der Waals surface area (Å²) >= 11 is 0. The average Bonchev–Trinajstić information content (AvgIpc) is 2.61. The predicted molar refractivity (Wildman–Crippen MR) is 89.9 cm³/mol. The van der Waals surface area contributed by atoms with Crippen LogP contribution in [0.3, 0.4) is 0 Å².